The molecule has 0 aliphatic carbocycles. The molecule has 0 fully saturated rings. The largest absolute Gasteiger partial charge is 0.491 e. The molecule has 0 spiro atoms. The first kappa shape index (κ1) is 48.9. The fourth-order valence-corrected chi connectivity index (χ4v) is 2.99. The number of hydrogen-bond donors (Lipinski definition) is 5. The summed E-state index contributed by atoms with van der Waals surface area (Å²) in [5.74, 6) is 1.24. The van der Waals surface area contributed by atoms with Crippen LogP contribution in [-0.4, -0.2) is 83.5 Å². The van der Waals surface area contributed by atoms with E-state index in [1.54, 1.807) is 0 Å². The van der Waals surface area contributed by atoms with Crippen molar-refractivity contribution in [1.29, 1.82) is 0 Å². The molecule has 0 bridgehead atoms. The van der Waals surface area contributed by atoms with Crippen LogP contribution in [0.2, 0.25) is 0 Å². The molecule has 37 heavy (non-hydrogen) atoms. The van der Waals surface area contributed by atoms with Crippen molar-refractivity contribution in [2.24, 2.45) is 0 Å². The Kier molecular flexibility index (Phi) is 36.1. The Hall–Kier alpha value is 5.01. The van der Waals surface area contributed by atoms with E-state index in [0.29, 0.717) is 11.5 Å². The van der Waals surface area contributed by atoms with Crippen molar-refractivity contribution < 1.29 is 260 Å². The topological polar surface area (TPSA) is 129 Å². The van der Waals surface area contributed by atoms with Gasteiger partial charge in [-0.1, -0.05) is 38.1 Å². The van der Waals surface area contributed by atoms with Gasteiger partial charge in [-0.05, 0) is 35.4 Å². The third kappa shape index (κ3) is 18.5. The fourth-order valence-electron chi connectivity index (χ4n) is 2.99. The molecular weight excluding hydrogens is 1550 g/mol. The molecule has 2 aromatic rings. The van der Waals surface area contributed by atoms with E-state index in [1.807, 2.05) is 48.5 Å². The molecule has 0 amide bonds. The maximum absolute atomic E-state index is 9.39. The van der Waals surface area contributed by atoms with Crippen LogP contribution in [0.1, 0.15) is 25.0 Å². The molecule has 0 saturated heterocycles. The SMILES string of the molecule is CC(C)(c1ccc(OCC(O)CO)cc1)c1ccc(OCC(CO)OCC(O)CO)cc1.[Ac].[Ac].[Ac].[Ac].[Ac]. The Balaban J connectivity index is -0.00000109. The van der Waals surface area contributed by atoms with Crippen LogP contribution >= 0.6 is 0 Å². The number of benzene rings is 2. The predicted octanol–water partition coefficient (Wildman–Crippen LogP) is 0.854. The molecule has 3 unspecified atom stereocenters. The van der Waals surface area contributed by atoms with Gasteiger partial charge in [0.25, 0.3) is 0 Å². The second-order valence-corrected chi connectivity index (χ2v) is 8.11. The van der Waals surface area contributed by atoms with E-state index in [2.05, 4.69) is 13.8 Å². The number of rotatable bonds is 14. The van der Waals surface area contributed by atoms with Crippen molar-refractivity contribution in [1.82, 2.24) is 0 Å². The summed E-state index contributed by atoms with van der Waals surface area (Å²) in [5.41, 5.74) is 1.88. The number of aliphatic hydroxyl groups excluding tert-OH is 5. The van der Waals surface area contributed by atoms with Crippen LogP contribution in [0, 0.1) is 220 Å². The minimum atomic E-state index is -0.988. The van der Waals surface area contributed by atoms with E-state index in [4.69, 9.17) is 24.4 Å². The van der Waals surface area contributed by atoms with Crippen molar-refractivity contribution in [2.45, 2.75) is 37.6 Å². The summed E-state index contributed by atoms with van der Waals surface area (Å²) in [7, 11) is 0. The zero-order valence-electron chi connectivity index (χ0n) is 21.4. The molecule has 0 saturated carbocycles. The molecule has 2 aromatic carbocycles. The van der Waals surface area contributed by atoms with Crippen molar-refractivity contribution in [2.75, 3.05) is 39.6 Å². The first-order chi connectivity index (χ1) is 15.3. The van der Waals surface area contributed by atoms with Gasteiger partial charge < -0.3 is 39.7 Å². The molecule has 0 heterocycles. The minimum absolute atomic E-state index is 0. The molecular formula is C24H34Ac5O8. The monoisotopic (exact) mass is 1590 g/mol. The van der Waals surface area contributed by atoms with Gasteiger partial charge in [-0.15, -0.1) is 0 Å². The summed E-state index contributed by atoms with van der Waals surface area (Å²) in [6.07, 6.45) is -2.50. The average Bonchev–Trinajstić information content (AvgIpc) is 2.82. The first-order valence-electron chi connectivity index (χ1n) is 10.6. The fraction of sp³-hybridized carbons (Fsp3) is 0.500. The second kappa shape index (κ2) is 27.3. The van der Waals surface area contributed by atoms with Crippen LogP contribution in [0.25, 0.3) is 0 Å². The number of aliphatic hydroxyl groups is 5. The van der Waals surface area contributed by atoms with Gasteiger partial charge in [0, 0.05) is 226 Å². The quantitative estimate of drug-likeness (QED) is 0.189. The van der Waals surface area contributed by atoms with Crippen molar-refractivity contribution >= 4 is 0 Å². The van der Waals surface area contributed by atoms with Gasteiger partial charge in [-0.2, -0.15) is 0 Å². The van der Waals surface area contributed by atoms with Gasteiger partial charge in [0.2, 0.25) is 0 Å². The van der Waals surface area contributed by atoms with Crippen LogP contribution in [0.3, 0.4) is 0 Å². The Morgan fingerprint density at radius 3 is 1.35 bits per heavy atom. The van der Waals surface area contributed by atoms with E-state index < -0.39 is 24.9 Å². The molecule has 3 atom stereocenters. The molecule has 0 aliphatic rings. The van der Waals surface area contributed by atoms with Crippen LogP contribution < -0.4 is 9.47 Å². The molecule has 0 aromatic heterocycles. The summed E-state index contributed by atoms with van der Waals surface area (Å²) in [6, 6.07) is 15.2. The summed E-state index contributed by atoms with van der Waals surface area (Å²) < 4.78 is 16.5. The molecule has 5 N–H and O–H groups in total. The zero-order chi connectivity index (χ0) is 23.6. The minimum Gasteiger partial charge on any atom is -0.491 e. The third-order valence-electron chi connectivity index (χ3n) is 5.18. The second-order valence-electron chi connectivity index (χ2n) is 8.11. The standard InChI is InChI=1S/C24H34O8.5Ac/c1-24(2,17-3-7-21(8-4-17)30-14-19(28)11-25)18-5-9-22(10-6-18)32-16-23(13-27)31-15-20(29)12-26;;;;;/h3-10,19-20,23,25-29H,11-16H2,1-2H3;;;;;. The van der Waals surface area contributed by atoms with Crippen LogP contribution in [0.5, 0.6) is 11.5 Å². The van der Waals surface area contributed by atoms with E-state index >= 15 is 0 Å². The smallest absolute Gasteiger partial charge is 0.119 e. The van der Waals surface area contributed by atoms with Crippen molar-refractivity contribution in [3.63, 3.8) is 0 Å². The normalized spacial score (nSPS) is 12.6. The molecule has 5 radical (unpaired) electrons. The Morgan fingerprint density at radius 1 is 0.595 bits per heavy atom. The molecule has 0 aliphatic heterocycles. The van der Waals surface area contributed by atoms with Crippen LogP contribution in [0.4, 0.5) is 0 Å². The Morgan fingerprint density at radius 2 is 0.973 bits per heavy atom. The summed E-state index contributed by atoms with van der Waals surface area (Å²) in [5, 5.41) is 45.8. The predicted molar refractivity (Wildman–Crippen MR) is 119 cm³/mol. The summed E-state index contributed by atoms with van der Waals surface area (Å²) in [4.78, 5) is 0. The molecule has 193 valence electrons. The average molecular weight is 1590 g/mol. The maximum atomic E-state index is 9.39. The van der Waals surface area contributed by atoms with Crippen molar-refractivity contribution in [3.8, 4) is 11.5 Å². The van der Waals surface area contributed by atoms with E-state index in [9.17, 15) is 15.3 Å². The van der Waals surface area contributed by atoms with Gasteiger partial charge in [0.05, 0.1) is 26.4 Å². The van der Waals surface area contributed by atoms with Gasteiger partial charge in [0.15, 0.2) is 0 Å². The number of hydrogen-bond acceptors (Lipinski definition) is 8. The first-order valence-corrected chi connectivity index (χ1v) is 10.6. The van der Waals surface area contributed by atoms with Gasteiger partial charge in [-0.25, -0.2) is 0 Å². The summed E-state index contributed by atoms with van der Waals surface area (Å²) in [6.45, 7) is 3.28. The third-order valence-corrected chi connectivity index (χ3v) is 5.18. The van der Waals surface area contributed by atoms with E-state index in [1.165, 1.54) is 0 Å². The van der Waals surface area contributed by atoms with Crippen LogP contribution in [0.15, 0.2) is 48.5 Å². The maximum Gasteiger partial charge on any atom is 0.119 e. The van der Waals surface area contributed by atoms with Crippen molar-refractivity contribution in [3.05, 3.63) is 59.7 Å². The Labute approximate surface area is 398 Å². The molecule has 2 rings (SSSR count). The van der Waals surface area contributed by atoms with Gasteiger partial charge in [-0.3, -0.25) is 0 Å². The number of ether oxygens (including phenoxy) is 3. The Bertz CT molecular complexity index is 797. The molecule has 13 heteroatoms. The zero-order valence-corrected chi connectivity index (χ0v) is 45.2. The van der Waals surface area contributed by atoms with Crippen LogP contribution in [-0.2, 0) is 10.2 Å². The van der Waals surface area contributed by atoms with Gasteiger partial charge >= 0.3 is 0 Å². The van der Waals surface area contributed by atoms with E-state index in [0.717, 1.165) is 11.1 Å². The summed E-state index contributed by atoms with van der Waals surface area (Å²) >= 11 is 0. The van der Waals surface area contributed by atoms with Gasteiger partial charge in [0.1, 0.15) is 43.0 Å². The van der Waals surface area contributed by atoms with E-state index in [-0.39, 0.29) is 259 Å². The molecule has 8 nitrogen and oxygen atoms in total.